The summed E-state index contributed by atoms with van der Waals surface area (Å²) in [5.41, 5.74) is 4.39. The van der Waals surface area contributed by atoms with Gasteiger partial charge in [0.15, 0.2) is 0 Å². The molecule has 0 saturated heterocycles. The predicted molar refractivity (Wildman–Crippen MR) is 62.9 cm³/mol. The Morgan fingerprint density at radius 3 is 2.36 bits per heavy atom. The van der Waals surface area contributed by atoms with Gasteiger partial charge in [-0.2, -0.15) is 0 Å². The van der Waals surface area contributed by atoms with E-state index in [4.69, 9.17) is 0 Å². The average Bonchev–Trinajstić information content (AvgIpc) is 2.40. The fourth-order valence-corrected chi connectivity index (χ4v) is 2.07. The summed E-state index contributed by atoms with van der Waals surface area (Å²) in [7, 11) is 0. The number of rotatable bonds is 4. The van der Waals surface area contributed by atoms with Gasteiger partial charge in [0.25, 0.3) is 0 Å². The van der Waals surface area contributed by atoms with Crippen LogP contribution in [0, 0.1) is 13.8 Å². The molecule has 0 aliphatic carbocycles. The van der Waals surface area contributed by atoms with E-state index in [1.807, 2.05) is 0 Å². The molecule has 1 rings (SSSR count). The van der Waals surface area contributed by atoms with Crippen molar-refractivity contribution in [1.82, 2.24) is 4.57 Å². The van der Waals surface area contributed by atoms with Gasteiger partial charge in [0.1, 0.15) is 0 Å². The second kappa shape index (κ2) is 4.68. The number of hydrogen-bond acceptors (Lipinski definition) is 0. The van der Waals surface area contributed by atoms with Gasteiger partial charge in [0, 0.05) is 17.9 Å². The molecule has 0 aliphatic rings. The third-order valence-electron chi connectivity index (χ3n) is 2.97. The first-order valence-corrected chi connectivity index (χ1v) is 5.74. The zero-order valence-corrected chi connectivity index (χ0v) is 10.2. The molecule has 1 nitrogen and oxygen atoms in total. The topological polar surface area (TPSA) is 4.93 Å². The van der Waals surface area contributed by atoms with E-state index >= 15 is 0 Å². The van der Waals surface area contributed by atoms with Crippen molar-refractivity contribution in [2.75, 3.05) is 0 Å². The van der Waals surface area contributed by atoms with E-state index in [2.05, 4.69) is 45.3 Å². The van der Waals surface area contributed by atoms with Crippen molar-refractivity contribution >= 4 is 0 Å². The van der Waals surface area contributed by atoms with E-state index in [0.29, 0.717) is 5.92 Å². The molecule has 80 valence electrons. The molecule has 1 heteroatoms. The standard InChI is InChI=1S/C13H23N/c1-6-7-8-14-11(4)9-13(10(2)3)12(14)5/h9-10H,6-8H2,1-5H3. The number of unbranched alkanes of at least 4 members (excludes halogenated alkanes) is 1. The van der Waals surface area contributed by atoms with Crippen molar-refractivity contribution in [1.29, 1.82) is 0 Å². The van der Waals surface area contributed by atoms with Gasteiger partial charge in [0.05, 0.1) is 0 Å². The van der Waals surface area contributed by atoms with Crippen LogP contribution in [0.4, 0.5) is 0 Å². The van der Waals surface area contributed by atoms with Crippen LogP contribution in [0.25, 0.3) is 0 Å². The molecule has 0 radical (unpaired) electrons. The van der Waals surface area contributed by atoms with Crippen LogP contribution < -0.4 is 0 Å². The van der Waals surface area contributed by atoms with Gasteiger partial charge in [-0.1, -0.05) is 27.2 Å². The van der Waals surface area contributed by atoms with Crippen LogP contribution in [0.5, 0.6) is 0 Å². The van der Waals surface area contributed by atoms with Gasteiger partial charge in [-0.25, -0.2) is 0 Å². The van der Waals surface area contributed by atoms with Gasteiger partial charge in [-0.05, 0) is 37.8 Å². The van der Waals surface area contributed by atoms with Crippen LogP contribution in [-0.4, -0.2) is 4.57 Å². The van der Waals surface area contributed by atoms with Crippen molar-refractivity contribution < 1.29 is 0 Å². The quantitative estimate of drug-likeness (QED) is 0.680. The molecule has 1 aromatic rings. The Labute approximate surface area is 88.1 Å². The second-order valence-corrected chi connectivity index (χ2v) is 4.49. The maximum absolute atomic E-state index is 2.46. The third-order valence-corrected chi connectivity index (χ3v) is 2.97. The van der Waals surface area contributed by atoms with Gasteiger partial charge in [-0.15, -0.1) is 0 Å². The average molecular weight is 193 g/mol. The lowest BCUT2D eigenvalue weighted by Gasteiger charge is -2.10. The minimum Gasteiger partial charge on any atom is -0.349 e. The molecule has 0 bridgehead atoms. The Hall–Kier alpha value is -0.720. The largest absolute Gasteiger partial charge is 0.349 e. The summed E-state index contributed by atoms with van der Waals surface area (Å²) in [6.45, 7) is 12.4. The van der Waals surface area contributed by atoms with Crippen molar-refractivity contribution in [3.63, 3.8) is 0 Å². The Kier molecular flexibility index (Phi) is 3.79. The number of hydrogen-bond donors (Lipinski definition) is 0. The van der Waals surface area contributed by atoms with Gasteiger partial charge < -0.3 is 4.57 Å². The molecular weight excluding hydrogens is 170 g/mol. The summed E-state index contributed by atoms with van der Waals surface area (Å²) < 4.78 is 2.46. The fraction of sp³-hybridized carbons (Fsp3) is 0.692. The molecule has 1 heterocycles. The summed E-state index contributed by atoms with van der Waals surface area (Å²) in [6, 6.07) is 2.34. The molecule has 0 amide bonds. The van der Waals surface area contributed by atoms with Crippen LogP contribution >= 0.6 is 0 Å². The second-order valence-electron chi connectivity index (χ2n) is 4.49. The third kappa shape index (κ3) is 2.20. The maximum Gasteiger partial charge on any atom is 0.0224 e. The minimum atomic E-state index is 0.650. The van der Waals surface area contributed by atoms with Crippen LogP contribution in [0.15, 0.2) is 6.07 Å². The zero-order chi connectivity index (χ0) is 10.7. The molecule has 0 aliphatic heterocycles. The lowest BCUT2D eigenvalue weighted by molar-refractivity contribution is 0.606. The fourth-order valence-electron chi connectivity index (χ4n) is 2.07. The highest BCUT2D eigenvalue weighted by Crippen LogP contribution is 2.23. The molecule has 1 aromatic heterocycles. The molecule has 0 atom stereocenters. The minimum absolute atomic E-state index is 0.650. The monoisotopic (exact) mass is 193 g/mol. The van der Waals surface area contributed by atoms with Gasteiger partial charge in [-0.3, -0.25) is 0 Å². The smallest absolute Gasteiger partial charge is 0.0224 e. The highest BCUT2D eigenvalue weighted by Gasteiger charge is 2.10. The first kappa shape index (κ1) is 11.4. The SMILES string of the molecule is CCCCn1c(C)cc(C(C)C)c1C. The van der Waals surface area contributed by atoms with E-state index in [-0.39, 0.29) is 0 Å². The summed E-state index contributed by atoms with van der Waals surface area (Å²) in [4.78, 5) is 0. The lowest BCUT2D eigenvalue weighted by atomic mass is 10.0. The van der Waals surface area contributed by atoms with Crippen LogP contribution in [-0.2, 0) is 6.54 Å². The normalized spacial score (nSPS) is 11.3. The highest BCUT2D eigenvalue weighted by molar-refractivity contribution is 5.29. The number of aryl methyl sites for hydroxylation is 1. The molecule has 0 fully saturated rings. The zero-order valence-electron chi connectivity index (χ0n) is 10.2. The molecule has 0 saturated carbocycles. The van der Waals surface area contributed by atoms with E-state index < -0.39 is 0 Å². The van der Waals surface area contributed by atoms with Crippen molar-refractivity contribution in [3.8, 4) is 0 Å². The first-order chi connectivity index (χ1) is 6.57. The molecule has 0 spiro atoms. The van der Waals surface area contributed by atoms with Crippen molar-refractivity contribution in [3.05, 3.63) is 23.0 Å². The van der Waals surface area contributed by atoms with Crippen LogP contribution in [0.3, 0.4) is 0 Å². The Bertz CT molecular complexity index is 294. The van der Waals surface area contributed by atoms with E-state index in [0.717, 1.165) is 0 Å². The maximum atomic E-state index is 2.46. The van der Waals surface area contributed by atoms with Gasteiger partial charge >= 0.3 is 0 Å². The molecule has 0 N–H and O–H groups in total. The highest BCUT2D eigenvalue weighted by atomic mass is 15.0. The number of aromatic nitrogens is 1. The summed E-state index contributed by atoms with van der Waals surface area (Å²) in [5.74, 6) is 0.650. The predicted octanol–water partition coefficient (Wildman–Crippen LogP) is 4.03. The van der Waals surface area contributed by atoms with Crippen LogP contribution in [0.1, 0.15) is 56.5 Å². The number of nitrogens with zero attached hydrogens (tertiary/aromatic N) is 1. The summed E-state index contributed by atoms with van der Waals surface area (Å²) in [5, 5.41) is 0. The Morgan fingerprint density at radius 2 is 1.93 bits per heavy atom. The summed E-state index contributed by atoms with van der Waals surface area (Å²) in [6.07, 6.45) is 2.56. The van der Waals surface area contributed by atoms with E-state index in [1.165, 1.54) is 36.3 Å². The molecule has 14 heavy (non-hydrogen) atoms. The molecule has 0 unspecified atom stereocenters. The Balaban J connectivity index is 2.93. The molecule has 0 aromatic carbocycles. The van der Waals surface area contributed by atoms with Crippen LogP contribution in [0.2, 0.25) is 0 Å². The Morgan fingerprint density at radius 1 is 1.29 bits per heavy atom. The lowest BCUT2D eigenvalue weighted by Crippen LogP contribution is -2.02. The summed E-state index contributed by atoms with van der Waals surface area (Å²) >= 11 is 0. The van der Waals surface area contributed by atoms with Gasteiger partial charge in [0.2, 0.25) is 0 Å². The van der Waals surface area contributed by atoms with E-state index in [9.17, 15) is 0 Å². The first-order valence-electron chi connectivity index (χ1n) is 5.74. The van der Waals surface area contributed by atoms with E-state index in [1.54, 1.807) is 0 Å². The van der Waals surface area contributed by atoms with Crippen molar-refractivity contribution in [2.24, 2.45) is 0 Å². The van der Waals surface area contributed by atoms with Crippen molar-refractivity contribution in [2.45, 2.75) is 59.9 Å². The molecular formula is C13H23N.